The summed E-state index contributed by atoms with van der Waals surface area (Å²) in [5, 5.41) is 0. The van der Waals surface area contributed by atoms with Crippen molar-refractivity contribution in [2.24, 2.45) is 0 Å². The Kier molecular flexibility index (Phi) is 2.83. The van der Waals surface area contributed by atoms with Crippen LogP contribution in [0.5, 0.6) is 11.5 Å². The zero-order chi connectivity index (χ0) is 17.2. The van der Waals surface area contributed by atoms with Crippen LogP contribution < -0.4 is 14.4 Å². The minimum Gasteiger partial charge on any atom is -0.497 e. The summed E-state index contributed by atoms with van der Waals surface area (Å²) < 4.78 is 12.1. The van der Waals surface area contributed by atoms with Gasteiger partial charge in [-0.3, -0.25) is 9.69 Å². The minimum absolute atomic E-state index is 0.0380. The van der Waals surface area contributed by atoms with E-state index in [9.17, 15) is 4.79 Å². The lowest BCUT2D eigenvalue weighted by Gasteiger charge is -2.46. The summed E-state index contributed by atoms with van der Waals surface area (Å²) in [6, 6.07) is 14.3. The van der Waals surface area contributed by atoms with Crippen LogP contribution in [0.2, 0.25) is 0 Å². The van der Waals surface area contributed by atoms with E-state index in [4.69, 9.17) is 9.47 Å². The molecule has 0 radical (unpaired) electrons. The lowest BCUT2D eigenvalue weighted by molar-refractivity contribution is -0.121. The number of fused-ring (bicyclic) bond motifs is 2. The van der Waals surface area contributed by atoms with Crippen molar-refractivity contribution in [1.29, 1.82) is 0 Å². The summed E-state index contributed by atoms with van der Waals surface area (Å²) in [4.78, 5) is 14.6. The Bertz CT molecular complexity index is 892. The number of rotatable bonds is 1. The van der Waals surface area contributed by atoms with Gasteiger partial charge in [0, 0.05) is 18.9 Å². The molecule has 0 aromatic heterocycles. The molecule has 2 aromatic rings. The molecule has 25 heavy (non-hydrogen) atoms. The van der Waals surface area contributed by atoms with Crippen LogP contribution in [-0.4, -0.2) is 18.7 Å². The maximum atomic E-state index is 12.7. The first-order valence-corrected chi connectivity index (χ1v) is 8.92. The Morgan fingerprint density at radius 2 is 1.92 bits per heavy atom. The average molecular weight is 335 g/mol. The summed E-state index contributed by atoms with van der Waals surface area (Å²) in [5.74, 6) is 1.75. The second-order valence-electron chi connectivity index (χ2n) is 7.23. The molecule has 2 aliphatic heterocycles. The van der Waals surface area contributed by atoms with Crippen molar-refractivity contribution in [3.63, 3.8) is 0 Å². The van der Waals surface area contributed by atoms with Gasteiger partial charge in [0.15, 0.2) is 0 Å². The lowest BCUT2D eigenvalue weighted by atomic mass is 9.63. The number of benzene rings is 2. The molecule has 3 aliphatic rings. The van der Waals surface area contributed by atoms with Crippen molar-refractivity contribution in [2.45, 2.75) is 43.7 Å². The average Bonchev–Trinajstić information content (AvgIpc) is 3.06. The molecule has 128 valence electrons. The highest BCUT2D eigenvalue weighted by Gasteiger charge is 2.70. The van der Waals surface area contributed by atoms with Crippen molar-refractivity contribution in [3.05, 3.63) is 53.6 Å². The van der Waals surface area contributed by atoms with Crippen LogP contribution in [0.4, 0.5) is 5.69 Å². The number of amides is 1. The van der Waals surface area contributed by atoms with Crippen LogP contribution in [0.15, 0.2) is 42.5 Å². The number of ether oxygens (including phenoxy) is 2. The Hall–Kier alpha value is -2.49. The Labute approximate surface area is 147 Å². The topological polar surface area (TPSA) is 38.8 Å². The van der Waals surface area contributed by atoms with Gasteiger partial charge in [-0.1, -0.05) is 24.6 Å². The summed E-state index contributed by atoms with van der Waals surface area (Å²) in [6.45, 7) is 1.64. The highest BCUT2D eigenvalue weighted by atomic mass is 16.5. The van der Waals surface area contributed by atoms with Gasteiger partial charge in [0.05, 0.1) is 18.2 Å². The summed E-state index contributed by atoms with van der Waals surface area (Å²) in [7, 11) is 1.69. The van der Waals surface area contributed by atoms with Crippen molar-refractivity contribution >= 4 is 11.6 Å². The van der Waals surface area contributed by atoms with E-state index in [1.165, 1.54) is 5.56 Å². The van der Waals surface area contributed by atoms with E-state index >= 15 is 0 Å². The number of anilines is 1. The number of carbonyl (C=O) groups is 1. The number of hydrogen-bond donors (Lipinski definition) is 0. The van der Waals surface area contributed by atoms with Gasteiger partial charge in [-0.25, -0.2) is 0 Å². The van der Waals surface area contributed by atoms with Gasteiger partial charge in [0.25, 0.3) is 0 Å². The van der Waals surface area contributed by atoms with Gasteiger partial charge in [-0.15, -0.1) is 0 Å². The van der Waals surface area contributed by atoms with Crippen molar-refractivity contribution in [2.75, 3.05) is 12.0 Å². The van der Waals surface area contributed by atoms with Gasteiger partial charge in [0.2, 0.25) is 11.6 Å². The molecule has 0 bridgehead atoms. The van der Waals surface area contributed by atoms with Crippen LogP contribution in [0.25, 0.3) is 0 Å². The van der Waals surface area contributed by atoms with Gasteiger partial charge in [0.1, 0.15) is 11.5 Å². The second kappa shape index (κ2) is 4.78. The molecular weight excluding hydrogens is 314 g/mol. The third-order valence-electron chi connectivity index (χ3n) is 6.19. The quantitative estimate of drug-likeness (QED) is 0.790. The standard InChI is InChI=1S/C21H21NO3/c1-14(23)22-18-8-4-3-7-16(18)20-11-5-6-12-21(20,22)25-19-10-9-15(24-2)13-17(19)20/h3-4,7-10,13H,5-6,11-12H2,1-2H3/t20-,21+/m0/s1. The normalized spacial score (nSPS) is 28.5. The zero-order valence-corrected chi connectivity index (χ0v) is 14.5. The lowest BCUT2D eigenvalue weighted by Crippen LogP contribution is -2.62. The van der Waals surface area contributed by atoms with E-state index in [-0.39, 0.29) is 11.3 Å². The number of methoxy groups -OCH3 is 1. The maximum Gasteiger partial charge on any atom is 0.227 e. The van der Waals surface area contributed by atoms with Crippen LogP contribution in [0.3, 0.4) is 0 Å². The fourth-order valence-electron chi connectivity index (χ4n) is 5.37. The third kappa shape index (κ3) is 1.56. The van der Waals surface area contributed by atoms with Crippen molar-refractivity contribution in [3.8, 4) is 11.5 Å². The molecule has 5 rings (SSSR count). The molecule has 2 heterocycles. The first-order valence-electron chi connectivity index (χ1n) is 8.92. The monoisotopic (exact) mass is 335 g/mol. The Morgan fingerprint density at radius 3 is 2.72 bits per heavy atom. The predicted molar refractivity (Wildman–Crippen MR) is 95.2 cm³/mol. The predicted octanol–water partition coefficient (Wildman–Crippen LogP) is 4.01. The fraction of sp³-hybridized carbons (Fsp3) is 0.381. The number of para-hydroxylation sites is 1. The molecule has 0 saturated heterocycles. The largest absolute Gasteiger partial charge is 0.497 e. The minimum atomic E-state index is -0.643. The molecule has 2 atom stereocenters. The van der Waals surface area contributed by atoms with E-state index in [2.05, 4.69) is 18.2 Å². The summed E-state index contributed by atoms with van der Waals surface area (Å²) in [6.07, 6.45) is 4.01. The smallest absolute Gasteiger partial charge is 0.227 e. The van der Waals surface area contributed by atoms with E-state index in [1.54, 1.807) is 14.0 Å². The molecule has 1 aliphatic carbocycles. The second-order valence-corrected chi connectivity index (χ2v) is 7.23. The maximum absolute atomic E-state index is 12.7. The number of carbonyl (C=O) groups excluding carboxylic acids is 1. The Morgan fingerprint density at radius 1 is 1.12 bits per heavy atom. The molecule has 1 saturated carbocycles. The van der Waals surface area contributed by atoms with Crippen molar-refractivity contribution < 1.29 is 14.3 Å². The van der Waals surface area contributed by atoms with Crippen molar-refractivity contribution in [1.82, 2.24) is 0 Å². The molecule has 2 aromatic carbocycles. The first-order chi connectivity index (χ1) is 12.1. The first kappa shape index (κ1) is 14.8. The third-order valence-corrected chi connectivity index (χ3v) is 6.19. The highest BCUT2D eigenvalue weighted by molar-refractivity contribution is 5.98. The molecule has 0 spiro atoms. The molecule has 1 fully saturated rings. The van der Waals surface area contributed by atoms with Gasteiger partial charge in [-0.05, 0) is 42.7 Å². The van der Waals surface area contributed by atoms with E-state index < -0.39 is 5.72 Å². The molecule has 4 nitrogen and oxygen atoms in total. The van der Waals surface area contributed by atoms with Crippen LogP contribution in [0.1, 0.15) is 43.7 Å². The van der Waals surface area contributed by atoms with Crippen LogP contribution in [0, 0.1) is 0 Å². The van der Waals surface area contributed by atoms with Gasteiger partial charge < -0.3 is 9.47 Å². The Balaban J connectivity index is 1.87. The molecule has 4 heteroatoms. The molecule has 0 N–H and O–H groups in total. The molecule has 0 unspecified atom stereocenters. The number of nitrogens with zero attached hydrogens (tertiary/aromatic N) is 1. The van der Waals surface area contributed by atoms with Crippen LogP contribution in [-0.2, 0) is 10.2 Å². The van der Waals surface area contributed by atoms with Crippen LogP contribution >= 0.6 is 0 Å². The SMILES string of the molecule is COc1ccc2c(c1)[C@@]13CCCC[C@]1(O2)N(C(C)=O)c1ccccc13. The fourth-order valence-corrected chi connectivity index (χ4v) is 5.37. The van der Waals surface area contributed by atoms with E-state index in [0.717, 1.165) is 48.4 Å². The summed E-state index contributed by atoms with van der Waals surface area (Å²) in [5.41, 5.74) is 2.40. The molecular formula is C21H21NO3. The van der Waals surface area contributed by atoms with Gasteiger partial charge >= 0.3 is 0 Å². The van der Waals surface area contributed by atoms with Gasteiger partial charge in [-0.2, -0.15) is 0 Å². The van der Waals surface area contributed by atoms with E-state index in [1.807, 2.05) is 29.2 Å². The van der Waals surface area contributed by atoms with E-state index in [0.29, 0.717) is 0 Å². The highest BCUT2D eigenvalue weighted by Crippen LogP contribution is 2.67. The number of hydrogen-bond acceptors (Lipinski definition) is 3. The molecule has 1 amide bonds. The summed E-state index contributed by atoms with van der Waals surface area (Å²) >= 11 is 0. The zero-order valence-electron chi connectivity index (χ0n) is 14.5.